The Bertz CT molecular complexity index is 1300. The summed E-state index contributed by atoms with van der Waals surface area (Å²) in [4.78, 5) is 16.8. The lowest BCUT2D eigenvalue weighted by molar-refractivity contribution is 0.0948. The van der Waals surface area contributed by atoms with Gasteiger partial charge in [-0.05, 0) is 32.6 Å². The Hall–Kier alpha value is -2.70. The van der Waals surface area contributed by atoms with Crippen LogP contribution in [0.1, 0.15) is 61.9 Å². The average molecular weight is 522 g/mol. The molecule has 1 saturated carbocycles. The second kappa shape index (κ2) is 10.1. The molecule has 0 N–H and O–H groups in total. The van der Waals surface area contributed by atoms with Crippen molar-refractivity contribution in [3.63, 3.8) is 0 Å². The van der Waals surface area contributed by atoms with Gasteiger partial charge in [0.15, 0.2) is 21.5 Å². The first-order valence-electron chi connectivity index (χ1n) is 11.2. The third-order valence-corrected chi connectivity index (χ3v) is 8.80. The van der Waals surface area contributed by atoms with Crippen molar-refractivity contribution in [1.29, 1.82) is 0 Å². The Labute approximate surface area is 209 Å². The van der Waals surface area contributed by atoms with Crippen LogP contribution in [-0.4, -0.2) is 62.6 Å². The van der Waals surface area contributed by atoms with Gasteiger partial charge in [-0.2, -0.15) is 4.98 Å². The molecule has 3 aromatic rings. The Morgan fingerprint density at radius 1 is 1.14 bits per heavy atom. The van der Waals surface area contributed by atoms with E-state index >= 15 is 0 Å². The van der Waals surface area contributed by atoms with E-state index in [1.807, 2.05) is 6.92 Å². The van der Waals surface area contributed by atoms with Crippen LogP contribution in [0.4, 0.5) is 0 Å². The van der Waals surface area contributed by atoms with Crippen molar-refractivity contribution in [2.24, 2.45) is 5.92 Å². The first-order valence-corrected chi connectivity index (χ1v) is 13.3. The quantitative estimate of drug-likeness (QED) is 0.413. The summed E-state index contributed by atoms with van der Waals surface area (Å²) in [5.74, 6) is 1.66. The van der Waals surface area contributed by atoms with Gasteiger partial charge in [0.05, 0.1) is 23.1 Å². The average Bonchev–Trinajstić information content (AvgIpc) is 3.20. The topological polar surface area (TPSA) is 135 Å². The number of hydrogen-bond acceptors (Lipinski definition) is 10. The van der Waals surface area contributed by atoms with Crippen molar-refractivity contribution >= 4 is 21.4 Å². The Balaban J connectivity index is 1.76. The molecule has 1 aliphatic carbocycles. The van der Waals surface area contributed by atoms with Crippen LogP contribution in [0.3, 0.4) is 0 Å². The fraction of sp³-hybridized carbons (Fsp3) is 0.545. The van der Waals surface area contributed by atoms with Gasteiger partial charge in [0.1, 0.15) is 29.7 Å². The Morgan fingerprint density at radius 3 is 2.43 bits per heavy atom. The van der Waals surface area contributed by atoms with Gasteiger partial charge < -0.3 is 9.47 Å². The molecule has 0 bridgehead atoms. The van der Waals surface area contributed by atoms with Gasteiger partial charge in [-0.15, -0.1) is 10.2 Å². The number of hydrogen-bond donors (Lipinski definition) is 0. The van der Waals surface area contributed by atoms with Gasteiger partial charge >= 0.3 is 0 Å². The molecule has 1 fully saturated rings. The van der Waals surface area contributed by atoms with Crippen LogP contribution in [-0.2, 0) is 20.3 Å². The van der Waals surface area contributed by atoms with Crippen LogP contribution >= 0.6 is 11.6 Å². The van der Waals surface area contributed by atoms with E-state index in [4.69, 9.17) is 21.1 Å². The van der Waals surface area contributed by atoms with E-state index in [-0.39, 0.29) is 23.3 Å². The van der Waals surface area contributed by atoms with E-state index in [1.165, 1.54) is 32.9 Å². The standard InChI is InChI=1S/C22H28ClN7O4S/c1-12-6-7-16(12)21-29-28-17(30(21)18-13(2)26-11-27-22(18)34-5)10-35(31,32)14(3)19(33-4)20-24-8-15(23)9-25-20/h8-9,11-12,14,16,19H,6-7,10H2,1-5H3/t12-,14+,16+,19+/m1/s1. The maximum atomic E-state index is 13.6. The highest BCUT2D eigenvalue weighted by Gasteiger charge is 2.38. The van der Waals surface area contributed by atoms with Gasteiger partial charge in [-0.1, -0.05) is 18.5 Å². The van der Waals surface area contributed by atoms with Crippen molar-refractivity contribution in [2.45, 2.75) is 56.6 Å². The van der Waals surface area contributed by atoms with Crippen molar-refractivity contribution in [3.05, 3.63) is 46.9 Å². The number of halogens is 1. The minimum absolute atomic E-state index is 0.148. The first-order chi connectivity index (χ1) is 16.7. The van der Waals surface area contributed by atoms with E-state index in [9.17, 15) is 8.42 Å². The van der Waals surface area contributed by atoms with E-state index in [0.29, 0.717) is 34.0 Å². The van der Waals surface area contributed by atoms with Crippen LogP contribution in [0.25, 0.3) is 5.69 Å². The monoisotopic (exact) mass is 521 g/mol. The highest BCUT2D eigenvalue weighted by Crippen LogP contribution is 2.43. The maximum Gasteiger partial charge on any atom is 0.241 e. The zero-order chi connectivity index (χ0) is 25.3. The smallest absolute Gasteiger partial charge is 0.241 e. The molecule has 1 aliphatic rings. The molecule has 11 nitrogen and oxygen atoms in total. The fourth-order valence-electron chi connectivity index (χ4n) is 4.29. The predicted octanol–water partition coefficient (Wildman–Crippen LogP) is 3.02. The molecule has 0 aromatic carbocycles. The fourth-order valence-corrected chi connectivity index (χ4v) is 5.80. The second-order valence-electron chi connectivity index (χ2n) is 8.72. The van der Waals surface area contributed by atoms with Gasteiger partial charge in [0, 0.05) is 25.4 Å². The highest BCUT2D eigenvalue weighted by molar-refractivity contribution is 7.91. The summed E-state index contributed by atoms with van der Waals surface area (Å²) in [5, 5.41) is 8.12. The minimum atomic E-state index is -3.80. The molecule has 3 heterocycles. The number of ether oxygens (including phenoxy) is 2. The normalized spacial score (nSPS) is 19.7. The number of rotatable bonds is 9. The lowest BCUT2D eigenvalue weighted by atomic mass is 9.74. The van der Waals surface area contributed by atoms with Crippen LogP contribution in [0, 0.1) is 12.8 Å². The van der Waals surface area contributed by atoms with Gasteiger partial charge in [-0.3, -0.25) is 4.57 Å². The van der Waals surface area contributed by atoms with Crippen molar-refractivity contribution in [2.75, 3.05) is 14.2 Å². The maximum absolute atomic E-state index is 13.6. The molecule has 35 heavy (non-hydrogen) atoms. The molecule has 0 unspecified atom stereocenters. The van der Waals surface area contributed by atoms with Gasteiger partial charge in [-0.25, -0.2) is 23.4 Å². The molecule has 0 aliphatic heterocycles. The van der Waals surface area contributed by atoms with Crippen molar-refractivity contribution < 1.29 is 17.9 Å². The third kappa shape index (κ3) is 4.87. The predicted molar refractivity (Wildman–Crippen MR) is 128 cm³/mol. The summed E-state index contributed by atoms with van der Waals surface area (Å²) in [6.45, 7) is 5.52. The number of aromatic nitrogens is 7. The number of methoxy groups -OCH3 is 2. The summed E-state index contributed by atoms with van der Waals surface area (Å²) in [7, 11) is -0.875. The van der Waals surface area contributed by atoms with E-state index < -0.39 is 21.2 Å². The van der Waals surface area contributed by atoms with Crippen LogP contribution in [0.5, 0.6) is 5.88 Å². The van der Waals surface area contributed by atoms with Crippen molar-refractivity contribution in [3.8, 4) is 11.6 Å². The molecule has 0 saturated heterocycles. The van der Waals surface area contributed by atoms with E-state index in [1.54, 1.807) is 11.5 Å². The van der Waals surface area contributed by atoms with Crippen molar-refractivity contribution in [1.82, 2.24) is 34.7 Å². The molecule has 0 spiro atoms. The molecule has 4 rings (SSSR count). The van der Waals surface area contributed by atoms with E-state index in [2.05, 4.69) is 37.1 Å². The lowest BCUT2D eigenvalue weighted by Gasteiger charge is -2.33. The molecular weight excluding hydrogens is 494 g/mol. The summed E-state index contributed by atoms with van der Waals surface area (Å²) in [6.07, 6.45) is 5.33. The molecule has 4 atom stereocenters. The minimum Gasteiger partial charge on any atom is -0.479 e. The highest BCUT2D eigenvalue weighted by atomic mass is 35.5. The van der Waals surface area contributed by atoms with E-state index in [0.717, 1.165) is 12.8 Å². The molecule has 13 heteroatoms. The number of aryl methyl sites for hydroxylation is 1. The summed E-state index contributed by atoms with van der Waals surface area (Å²) >= 11 is 5.88. The van der Waals surface area contributed by atoms with Gasteiger partial charge in [0.25, 0.3) is 0 Å². The van der Waals surface area contributed by atoms with Crippen LogP contribution in [0.15, 0.2) is 18.7 Å². The first kappa shape index (κ1) is 25.4. The Morgan fingerprint density at radius 2 is 1.86 bits per heavy atom. The second-order valence-corrected chi connectivity index (χ2v) is 11.5. The molecule has 3 aromatic heterocycles. The zero-order valence-corrected chi connectivity index (χ0v) is 21.8. The number of sulfone groups is 1. The number of nitrogens with zero attached hydrogens (tertiary/aromatic N) is 7. The van der Waals surface area contributed by atoms with Crippen LogP contribution < -0.4 is 4.74 Å². The summed E-state index contributed by atoms with van der Waals surface area (Å²) in [6, 6.07) is 0. The largest absolute Gasteiger partial charge is 0.479 e. The van der Waals surface area contributed by atoms with Gasteiger partial charge in [0.2, 0.25) is 5.88 Å². The van der Waals surface area contributed by atoms with Crippen LogP contribution in [0.2, 0.25) is 5.02 Å². The third-order valence-electron chi connectivity index (χ3n) is 6.57. The lowest BCUT2D eigenvalue weighted by Crippen LogP contribution is -2.30. The molecule has 0 amide bonds. The summed E-state index contributed by atoms with van der Waals surface area (Å²) < 4.78 is 39.9. The molecular formula is C22H28ClN7O4S. The molecule has 0 radical (unpaired) electrons. The molecule has 188 valence electrons. The zero-order valence-electron chi connectivity index (χ0n) is 20.2. The Kier molecular flexibility index (Phi) is 7.34. The summed E-state index contributed by atoms with van der Waals surface area (Å²) in [5.41, 5.74) is 1.16. The SMILES string of the molecule is COc1ncnc(C)c1-n1c(CS(=O)(=O)[C@@H](C)[C@H](OC)c2ncc(Cl)cn2)nnc1[C@H]1CC[C@H]1C.